The fraction of sp³-hybridized carbons (Fsp3) is 0.500. The van der Waals surface area contributed by atoms with Gasteiger partial charge < -0.3 is 20.9 Å². The van der Waals surface area contributed by atoms with Gasteiger partial charge in [0.25, 0.3) is 0 Å². The Labute approximate surface area is 106 Å². The van der Waals surface area contributed by atoms with Crippen LogP contribution in [0, 0.1) is 0 Å². The molecule has 0 aliphatic carbocycles. The lowest BCUT2D eigenvalue weighted by atomic mass is 10.1. The number of hydrogen-bond acceptors (Lipinski definition) is 4. The Morgan fingerprint density at radius 2 is 2.39 bits per heavy atom. The number of rotatable bonds is 2. The van der Waals surface area contributed by atoms with Crippen LogP contribution in [0.15, 0.2) is 18.3 Å². The van der Waals surface area contributed by atoms with Gasteiger partial charge in [-0.3, -0.25) is 0 Å². The Morgan fingerprint density at radius 3 is 3.22 bits per heavy atom. The number of pyridine rings is 1. The van der Waals surface area contributed by atoms with Crippen molar-refractivity contribution in [1.82, 2.24) is 15.2 Å². The highest BCUT2D eigenvalue weighted by atomic mass is 16.2. The van der Waals surface area contributed by atoms with Crippen LogP contribution in [0.25, 0.3) is 0 Å². The van der Waals surface area contributed by atoms with E-state index in [1.807, 2.05) is 17.0 Å². The Balaban J connectivity index is 1.80. The Bertz CT molecular complexity index is 464. The van der Waals surface area contributed by atoms with E-state index in [1.165, 1.54) is 0 Å². The second-order valence-electron chi connectivity index (χ2n) is 4.67. The van der Waals surface area contributed by atoms with Gasteiger partial charge in [0.15, 0.2) is 0 Å². The normalized spacial score (nSPS) is 22.9. The maximum absolute atomic E-state index is 11.5. The number of anilines is 1. The maximum atomic E-state index is 11.5. The lowest BCUT2D eigenvalue weighted by Gasteiger charge is -2.37. The summed E-state index contributed by atoms with van der Waals surface area (Å²) in [5, 5.41) is 2.88. The van der Waals surface area contributed by atoms with Crippen LogP contribution in [0.3, 0.4) is 0 Å². The zero-order chi connectivity index (χ0) is 12.5. The first-order chi connectivity index (χ1) is 8.79. The number of nitrogens with two attached hydrogens (primary N) is 1. The molecule has 0 saturated carbocycles. The molecule has 3 heterocycles. The van der Waals surface area contributed by atoms with Crippen LogP contribution < -0.4 is 16.0 Å². The van der Waals surface area contributed by atoms with E-state index in [0.717, 1.165) is 37.6 Å². The molecular formula is C12H17N5O. The minimum atomic E-state index is 0.0553. The third-order valence-electron chi connectivity index (χ3n) is 3.62. The first-order valence-corrected chi connectivity index (χ1v) is 6.23. The van der Waals surface area contributed by atoms with Gasteiger partial charge in [-0.1, -0.05) is 6.07 Å². The molecule has 0 radical (unpaired) electrons. The van der Waals surface area contributed by atoms with Crippen molar-refractivity contribution in [3.8, 4) is 0 Å². The van der Waals surface area contributed by atoms with Gasteiger partial charge >= 0.3 is 6.03 Å². The molecule has 2 aliphatic rings. The Hall–Kier alpha value is -1.82. The molecule has 0 spiro atoms. The molecule has 18 heavy (non-hydrogen) atoms. The minimum Gasteiger partial charge on any atom is -0.352 e. The largest absolute Gasteiger partial charge is 0.352 e. The van der Waals surface area contributed by atoms with Crippen LogP contribution in [0.1, 0.15) is 5.56 Å². The smallest absolute Gasteiger partial charge is 0.317 e. The summed E-state index contributed by atoms with van der Waals surface area (Å²) in [7, 11) is 0. The van der Waals surface area contributed by atoms with Crippen LogP contribution in [-0.4, -0.2) is 48.1 Å². The molecule has 96 valence electrons. The van der Waals surface area contributed by atoms with E-state index >= 15 is 0 Å². The number of nitrogens with zero attached hydrogens (tertiary/aromatic N) is 3. The molecule has 0 bridgehead atoms. The number of carbonyl (C=O) groups excluding carboxylic acids is 1. The fourth-order valence-electron chi connectivity index (χ4n) is 2.67. The van der Waals surface area contributed by atoms with Gasteiger partial charge in [0.2, 0.25) is 0 Å². The van der Waals surface area contributed by atoms with E-state index in [1.54, 1.807) is 6.20 Å². The monoisotopic (exact) mass is 247 g/mol. The van der Waals surface area contributed by atoms with Gasteiger partial charge in [-0.15, -0.1) is 0 Å². The quantitative estimate of drug-likeness (QED) is 0.756. The number of urea groups is 1. The third kappa shape index (κ3) is 1.78. The van der Waals surface area contributed by atoms with Crippen molar-refractivity contribution in [2.75, 3.05) is 31.1 Å². The standard InChI is InChI=1S/C12H17N5O/c13-6-9-2-1-3-14-11(9)16-4-5-17-10(8-16)7-15-12(17)18/h1-3,10H,4-8,13H2,(H,15,18). The first-order valence-electron chi connectivity index (χ1n) is 6.23. The molecule has 2 saturated heterocycles. The topological polar surface area (TPSA) is 74.5 Å². The molecule has 6 nitrogen and oxygen atoms in total. The van der Waals surface area contributed by atoms with Gasteiger partial charge in [0, 0.05) is 44.5 Å². The van der Waals surface area contributed by atoms with Crippen molar-refractivity contribution in [1.29, 1.82) is 0 Å². The predicted octanol–water partition coefficient (Wildman–Crippen LogP) is -0.246. The summed E-state index contributed by atoms with van der Waals surface area (Å²) in [6.07, 6.45) is 1.79. The lowest BCUT2D eigenvalue weighted by molar-refractivity contribution is 0.197. The Morgan fingerprint density at radius 1 is 1.50 bits per heavy atom. The zero-order valence-corrected chi connectivity index (χ0v) is 10.2. The number of fused-ring (bicyclic) bond motifs is 1. The van der Waals surface area contributed by atoms with Gasteiger partial charge in [0.1, 0.15) is 5.82 Å². The van der Waals surface area contributed by atoms with Gasteiger partial charge in [-0.05, 0) is 6.07 Å². The molecule has 2 amide bonds. The van der Waals surface area contributed by atoms with Crippen LogP contribution in [0.2, 0.25) is 0 Å². The number of carbonyl (C=O) groups is 1. The van der Waals surface area contributed by atoms with E-state index in [9.17, 15) is 4.79 Å². The van der Waals surface area contributed by atoms with E-state index in [0.29, 0.717) is 6.54 Å². The second kappa shape index (κ2) is 4.45. The maximum Gasteiger partial charge on any atom is 0.317 e. The molecule has 1 atom stereocenters. The van der Waals surface area contributed by atoms with Crippen molar-refractivity contribution < 1.29 is 4.79 Å². The van der Waals surface area contributed by atoms with E-state index in [4.69, 9.17) is 5.73 Å². The minimum absolute atomic E-state index is 0.0553. The molecule has 2 fully saturated rings. The zero-order valence-electron chi connectivity index (χ0n) is 10.2. The van der Waals surface area contributed by atoms with Crippen LogP contribution in [0.4, 0.5) is 10.6 Å². The van der Waals surface area contributed by atoms with Crippen molar-refractivity contribution in [2.45, 2.75) is 12.6 Å². The van der Waals surface area contributed by atoms with Gasteiger partial charge in [-0.25, -0.2) is 9.78 Å². The van der Waals surface area contributed by atoms with Crippen molar-refractivity contribution in [3.63, 3.8) is 0 Å². The number of amides is 2. The van der Waals surface area contributed by atoms with E-state index < -0.39 is 0 Å². The summed E-state index contributed by atoms with van der Waals surface area (Å²) in [6, 6.07) is 4.22. The number of hydrogen-bond donors (Lipinski definition) is 2. The average Bonchev–Trinajstić information content (AvgIpc) is 2.80. The summed E-state index contributed by atoms with van der Waals surface area (Å²) >= 11 is 0. The molecule has 1 aromatic rings. The van der Waals surface area contributed by atoms with E-state index in [2.05, 4.69) is 15.2 Å². The van der Waals surface area contributed by atoms with Crippen LogP contribution >= 0.6 is 0 Å². The summed E-state index contributed by atoms with van der Waals surface area (Å²) < 4.78 is 0. The van der Waals surface area contributed by atoms with Crippen LogP contribution in [-0.2, 0) is 6.54 Å². The molecule has 0 aromatic carbocycles. The highest BCUT2D eigenvalue weighted by Crippen LogP contribution is 2.22. The van der Waals surface area contributed by atoms with Crippen molar-refractivity contribution in [2.24, 2.45) is 5.73 Å². The van der Waals surface area contributed by atoms with Gasteiger partial charge in [-0.2, -0.15) is 0 Å². The number of piperazine rings is 1. The van der Waals surface area contributed by atoms with E-state index in [-0.39, 0.29) is 12.1 Å². The van der Waals surface area contributed by atoms with Gasteiger partial charge in [0.05, 0.1) is 6.04 Å². The lowest BCUT2D eigenvalue weighted by Crippen LogP contribution is -2.52. The number of nitrogens with one attached hydrogen (secondary N) is 1. The summed E-state index contributed by atoms with van der Waals surface area (Å²) in [4.78, 5) is 20.1. The molecule has 6 heteroatoms. The fourth-order valence-corrected chi connectivity index (χ4v) is 2.67. The number of aromatic nitrogens is 1. The van der Waals surface area contributed by atoms with Crippen molar-refractivity contribution in [3.05, 3.63) is 23.9 Å². The predicted molar refractivity (Wildman–Crippen MR) is 68.2 cm³/mol. The molecule has 1 aromatic heterocycles. The third-order valence-corrected chi connectivity index (χ3v) is 3.62. The average molecular weight is 247 g/mol. The summed E-state index contributed by atoms with van der Waals surface area (Å²) in [5.74, 6) is 0.957. The molecule has 1 unspecified atom stereocenters. The summed E-state index contributed by atoms with van der Waals surface area (Å²) in [6.45, 7) is 3.60. The molecule has 2 aliphatic heterocycles. The van der Waals surface area contributed by atoms with Crippen molar-refractivity contribution >= 4 is 11.8 Å². The highest BCUT2D eigenvalue weighted by molar-refractivity contribution is 5.77. The molecule has 3 rings (SSSR count). The second-order valence-corrected chi connectivity index (χ2v) is 4.67. The first kappa shape index (κ1) is 11.3. The SMILES string of the molecule is NCc1cccnc1N1CCN2C(=O)NCC2C1. The molecular weight excluding hydrogens is 230 g/mol. The molecule has 3 N–H and O–H groups in total. The summed E-state index contributed by atoms with van der Waals surface area (Å²) in [5.41, 5.74) is 6.80. The highest BCUT2D eigenvalue weighted by Gasteiger charge is 2.36. The van der Waals surface area contributed by atoms with Crippen LogP contribution in [0.5, 0.6) is 0 Å². The Kier molecular flexibility index (Phi) is 2.79.